The predicted octanol–water partition coefficient (Wildman–Crippen LogP) is 6.40. The van der Waals surface area contributed by atoms with Crippen LogP contribution < -0.4 is 9.47 Å². The van der Waals surface area contributed by atoms with Gasteiger partial charge in [0, 0.05) is 0 Å². The Kier molecular flexibility index (Phi) is 10.1. The topological polar surface area (TPSA) is 78.9 Å². The summed E-state index contributed by atoms with van der Waals surface area (Å²) in [6.07, 6.45) is 8.92. The molecule has 1 saturated carbocycles. The van der Waals surface area contributed by atoms with Gasteiger partial charge in [0.1, 0.15) is 17.1 Å². The molecule has 7 heteroatoms. The minimum atomic E-state index is -1.48. The molecular weight excluding hydrogens is 427 g/mol. The van der Waals surface area contributed by atoms with Crippen LogP contribution in [-0.4, -0.2) is 37.7 Å². The van der Waals surface area contributed by atoms with E-state index >= 15 is 0 Å². The zero-order valence-electron chi connectivity index (χ0n) is 19.9. The second kappa shape index (κ2) is 12.3. The third-order valence-electron chi connectivity index (χ3n) is 6.79. The average molecular weight is 465 g/mol. The van der Waals surface area contributed by atoms with E-state index in [0.29, 0.717) is 24.3 Å². The molecule has 0 amide bonds. The van der Waals surface area contributed by atoms with Gasteiger partial charge < -0.3 is 14.2 Å². The standard InChI is InChI=1S/C25H37O6P/c1-5-6-7-8-9-12-18-31-23(27)24(2,32-28)25(16-10-11-17-25)22(26)21-19(29-3)14-13-15-20(21)30-4/h13-15H,5-12,16-18H2,1-4H3. The molecule has 1 aromatic carbocycles. The van der Waals surface area contributed by atoms with Crippen LogP contribution in [0.5, 0.6) is 11.5 Å². The highest BCUT2D eigenvalue weighted by Gasteiger charge is 2.61. The van der Waals surface area contributed by atoms with Crippen molar-refractivity contribution >= 4 is 20.2 Å². The van der Waals surface area contributed by atoms with Crippen molar-refractivity contribution < 1.29 is 28.4 Å². The van der Waals surface area contributed by atoms with Crippen LogP contribution in [0.3, 0.4) is 0 Å². The molecule has 0 radical (unpaired) electrons. The first kappa shape index (κ1) is 26.3. The Morgan fingerprint density at radius 1 is 1.00 bits per heavy atom. The largest absolute Gasteiger partial charge is 0.496 e. The third-order valence-corrected chi connectivity index (χ3v) is 7.77. The van der Waals surface area contributed by atoms with Gasteiger partial charge in [0.05, 0.1) is 26.2 Å². The normalized spacial score (nSPS) is 17.0. The highest BCUT2D eigenvalue weighted by Crippen LogP contribution is 2.56. The number of hydrogen-bond donors (Lipinski definition) is 0. The lowest BCUT2D eigenvalue weighted by atomic mass is 9.68. The SMILES string of the molecule is CCCCCCCCOC(=O)C(C)(P=O)C1(C(=O)c2c(OC)cccc2OC)CCCC1. The number of rotatable bonds is 14. The number of carbonyl (C=O) groups is 2. The second-order valence-electron chi connectivity index (χ2n) is 8.72. The van der Waals surface area contributed by atoms with Gasteiger partial charge in [-0.05, 0) is 38.3 Å². The molecule has 178 valence electrons. The van der Waals surface area contributed by atoms with E-state index in [9.17, 15) is 14.2 Å². The summed E-state index contributed by atoms with van der Waals surface area (Å²) in [5.41, 5.74) is -0.853. The van der Waals surface area contributed by atoms with Gasteiger partial charge in [0.25, 0.3) is 0 Å². The number of ether oxygens (including phenoxy) is 3. The van der Waals surface area contributed by atoms with Crippen LogP contribution in [0.25, 0.3) is 0 Å². The molecule has 1 aliphatic carbocycles. The highest BCUT2D eigenvalue weighted by molar-refractivity contribution is 7.28. The molecule has 1 unspecified atom stereocenters. The van der Waals surface area contributed by atoms with Gasteiger partial charge in [-0.2, -0.15) is 0 Å². The maximum absolute atomic E-state index is 14.0. The van der Waals surface area contributed by atoms with Crippen molar-refractivity contribution in [2.24, 2.45) is 5.41 Å². The lowest BCUT2D eigenvalue weighted by molar-refractivity contribution is -0.149. The van der Waals surface area contributed by atoms with Crippen LogP contribution in [0.15, 0.2) is 18.2 Å². The Morgan fingerprint density at radius 3 is 2.09 bits per heavy atom. The predicted molar refractivity (Wildman–Crippen MR) is 125 cm³/mol. The van der Waals surface area contributed by atoms with Gasteiger partial charge in [-0.1, -0.05) is 57.9 Å². The monoisotopic (exact) mass is 464 g/mol. The number of unbranched alkanes of at least 4 members (excludes halogenated alkanes) is 5. The molecule has 1 aromatic rings. The Bertz CT molecular complexity index is 764. The Labute approximate surface area is 193 Å². The van der Waals surface area contributed by atoms with E-state index in [0.717, 1.165) is 32.1 Å². The quantitative estimate of drug-likeness (QED) is 0.137. The molecule has 0 aromatic heterocycles. The number of Topliss-reactive ketones (excluding diaryl/α,β-unsaturated/α-hetero) is 1. The summed E-state index contributed by atoms with van der Waals surface area (Å²) >= 11 is 0. The Morgan fingerprint density at radius 2 is 1.56 bits per heavy atom. The summed E-state index contributed by atoms with van der Waals surface area (Å²) in [5.74, 6) is -0.0875. The molecule has 0 spiro atoms. The van der Waals surface area contributed by atoms with Crippen LogP contribution in [0.2, 0.25) is 0 Å². The van der Waals surface area contributed by atoms with E-state index in [2.05, 4.69) is 6.92 Å². The van der Waals surface area contributed by atoms with Gasteiger partial charge in [0.15, 0.2) is 19.4 Å². The van der Waals surface area contributed by atoms with Crippen molar-refractivity contribution in [3.63, 3.8) is 0 Å². The maximum Gasteiger partial charge on any atom is 0.324 e. The molecule has 0 heterocycles. The van der Waals surface area contributed by atoms with Crippen molar-refractivity contribution in [3.8, 4) is 11.5 Å². The van der Waals surface area contributed by atoms with E-state index in [-0.39, 0.29) is 18.0 Å². The number of carbonyl (C=O) groups excluding carboxylic acids is 2. The molecule has 0 N–H and O–H groups in total. The molecule has 0 aliphatic heterocycles. The van der Waals surface area contributed by atoms with Gasteiger partial charge in [0.2, 0.25) is 0 Å². The number of hydrogen-bond acceptors (Lipinski definition) is 6. The van der Waals surface area contributed by atoms with Crippen molar-refractivity contribution in [3.05, 3.63) is 23.8 Å². The van der Waals surface area contributed by atoms with Crippen molar-refractivity contribution in [2.45, 2.75) is 83.2 Å². The Hall–Kier alpha value is -1.94. The van der Waals surface area contributed by atoms with Crippen LogP contribution in [-0.2, 0) is 14.1 Å². The van der Waals surface area contributed by atoms with Crippen LogP contribution in [0, 0.1) is 5.41 Å². The summed E-state index contributed by atoms with van der Waals surface area (Å²) in [6.45, 7) is 4.04. The molecule has 2 rings (SSSR count). The average Bonchev–Trinajstić information content (AvgIpc) is 3.33. The van der Waals surface area contributed by atoms with Crippen molar-refractivity contribution in [1.82, 2.24) is 0 Å². The van der Waals surface area contributed by atoms with Crippen LogP contribution in [0.1, 0.15) is 88.4 Å². The number of esters is 1. The number of methoxy groups -OCH3 is 2. The number of benzene rings is 1. The second-order valence-corrected chi connectivity index (χ2v) is 9.80. The first-order valence-electron chi connectivity index (χ1n) is 11.7. The smallest absolute Gasteiger partial charge is 0.324 e. The zero-order valence-corrected chi connectivity index (χ0v) is 20.8. The molecule has 32 heavy (non-hydrogen) atoms. The highest BCUT2D eigenvalue weighted by atomic mass is 31.1. The van der Waals surface area contributed by atoms with E-state index in [1.54, 1.807) is 25.1 Å². The molecular formula is C25H37O6P. The summed E-state index contributed by atoms with van der Waals surface area (Å²) in [6, 6.07) is 5.14. The minimum Gasteiger partial charge on any atom is -0.496 e. The molecule has 1 aliphatic rings. The lowest BCUT2D eigenvalue weighted by Crippen LogP contribution is -2.52. The summed E-state index contributed by atoms with van der Waals surface area (Å²) in [4.78, 5) is 27.2. The summed E-state index contributed by atoms with van der Waals surface area (Å²) in [7, 11) is 2.58. The molecule has 0 bridgehead atoms. The lowest BCUT2D eigenvalue weighted by Gasteiger charge is -2.39. The van der Waals surface area contributed by atoms with E-state index in [1.807, 2.05) is 0 Å². The fourth-order valence-corrected chi connectivity index (χ4v) is 5.37. The molecule has 1 atom stereocenters. The summed E-state index contributed by atoms with van der Waals surface area (Å²) < 4.78 is 29.0. The van der Waals surface area contributed by atoms with Crippen LogP contribution >= 0.6 is 8.46 Å². The Balaban J connectivity index is 2.27. The summed E-state index contributed by atoms with van der Waals surface area (Å²) in [5, 5.41) is -1.48. The minimum absolute atomic E-state index is 0.272. The zero-order chi connectivity index (χ0) is 23.6. The first-order valence-corrected chi connectivity index (χ1v) is 12.5. The number of ketones is 1. The van der Waals surface area contributed by atoms with Gasteiger partial charge in [-0.3, -0.25) is 14.2 Å². The third kappa shape index (κ3) is 5.33. The van der Waals surface area contributed by atoms with Gasteiger partial charge >= 0.3 is 5.97 Å². The van der Waals surface area contributed by atoms with Crippen LogP contribution in [0.4, 0.5) is 0 Å². The molecule has 1 fully saturated rings. The first-order chi connectivity index (χ1) is 15.4. The molecule has 6 nitrogen and oxygen atoms in total. The van der Waals surface area contributed by atoms with Gasteiger partial charge in [-0.25, -0.2) is 0 Å². The van der Waals surface area contributed by atoms with E-state index < -0.39 is 25.0 Å². The maximum atomic E-state index is 14.0. The fraction of sp³-hybridized carbons (Fsp3) is 0.680. The van der Waals surface area contributed by atoms with Crippen molar-refractivity contribution in [1.29, 1.82) is 0 Å². The molecule has 0 saturated heterocycles. The van der Waals surface area contributed by atoms with Crippen molar-refractivity contribution in [2.75, 3.05) is 20.8 Å². The van der Waals surface area contributed by atoms with Gasteiger partial charge in [-0.15, -0.1) is 0 Å². The van der Waals surface area contributed by atoms with E-state index in [4.69, 9.17) is 14.2 Å². The van der Waals surface area contributed by atoms with E-state index in [1.165, 1.54) is 33.5 Å². The fourth-order valence-electron chi connectivity index (χ4n) is 4.74.